The minimum absolute atomic E-state index is 0.0178. The number of rotatable bonds is 13. The summed E-state index contributed by atoms with van der Waals surface area (Å²) in [6, 6.07) is 3.89. The van der Waals surface area contributed by atoms with Crippen LogP contribution in [-0.4, -0.2) is 64.1 Å². The minimum atomic E-state index is -3.47. The molecule has 0 spiro atoms. The maximum Gasteiger partial charge on any atom is 0.509 e. The Morgan fingerprint density at radius 2 is 1.77 bits per heavy atom. The van der Waals surface area contributed by atoms with Crippen LogP contribution < -0.4 is 5.32 Å². The number of nitrogens with one attached hydrogen (secondary N) is 1. The first-order valence-electron chi connectivity index (χ1n) is 9.45. The van der Waals surface area contributed by atoms with Crippen LogP contribution in [0.15, 0.2) is 29.2 Å². The molecule has 1 amide bonds. The van der Waals surface area contributed by atoms with Gasteiger partial charge in [-0.05, 0) is 24.1 Å². The van der Waals surface area contributed by atoms with Gasteiger partial charge in [-0.3, -0.25) is 4.79 Å². The summed E-state index contributed by atoms with van der Waals surface area (Å²) >= 11 is 11.0. The van der Waals surface area contributed by atoms with Crippen LogP contribution in [0.5, 0.6) is 0 Å². The van der Waals surface area contributed by atoms with Gasteiger partial charge >= 0.3 is 6.16 Å². The van der Waals surface area contributed by atoms with Crippen molar-refractivity contribution in [2.45, 2.75) is 41.6 Å². The van der Waals surface area contributed by atoms with Crippen LogP contribution in [0.25, 0.3) is 0 Å². The van der Waals surface area contributed by atoms with Crippen LogP contribution in [-0.2, 0) is 28.8 Å². The number of unbranched alkanes of at least 4 members (excludes halogenated alkanes) is 1. The quantitative estimate of drug-likeness (QED) is 0.250. The summed E-state index contributed by atoms with van der Waals surface area (Å²) in [5.74, 6) is -0.884. The number of sulfone groups is 1. The van der Waals surface area contributed by atoms with E-state index < -0.39 is 45.6 Å². The van der Waals surface area contributed by atoms with Gasteiger partial charge in [-0.25, -0.2) is 17.6 Å². The third-order valence-corrected chi connectivity index (χ3v) is 5.53. The molecule has 1 N–H and O–H groups in total. The molecule has 0 aliphatic heterocycles. The number of hydrogen-bond donors (Lipinski definition) is 1. The molecule has 1 rings (SSSR count). The average Bonchev–Trinajstić information content (AvgIpc) is 2.72. The summed E-state index contributed by atoms with van der Waals surface area (Å²) in [6.45, 7) is 1.49. The second-order valence-electron chi connectivity index (χ2n) is 6.51. The van der Waals surface area contributed by atoms with Gasteiger partial charge in [0.05, 0.1) is 17.5 Å². The Labute approximate surface area is 191 Å². The van der Waals surface area contributed by atoms with E-state index in [0.717, 1.165) is 19.1 Å². The average molecular weight is 502 g/mol. The summed E-state index contributed by atoms with van der Waals surface area (Å²) in [6.07, 6.45) is 0.419. The van der Waals surface area contributed by atoms with Gasteiger partial charge in [-0.15, -0.1) is 0 Å². The van der Waals surface area contributed by atoms with E-state index in [9.17, 15) is 22.4 Å². The van der Waals surface area contributed by atoms with Crippen LogP contribution in [0.4, 0.5) is 9.18 Å². The molecule has 0 aliphatic carbocycles. The van der Waals surface area contributed by atoms with Gasteiger partial charge in [0.25, 0.3) is 5.91 Å². The molecule has 31 heavy (non-hydrogen) atoms. The molecule has 0 radical (unpaired) electrons. The van der Waals surface area contributed by atoms with Crippen molar-refractivity contribution in [3.63, 3.8) is 0 Å². The zero-order valence-electron chi connectivity index (χ0n) is 17.2. The lowest BCUT2D eigenvalue weighted by Crippen LogP contribution is -2.44. The monoisotopic (exact) mass is 501 g/mol. The predicted octanol–water partition coefficient (Wildman–Crippen LogP) is 3.36. The van der Waals surface area contributed by atoms with Crippen LogP contribution >= 0.6 is 23.2 Å². The van der Waals surface area contributed by atoms with Crippen molar-refractivity contribution in [1.29, 1.82) is 0 Å². The van der Waals surface area contributed by atoms with Crippen molar-refractivity contribution in [2.75, 3.05) is 32.8 Å². The largest absolute Gasteiger partial charge is 0.509 e. The first-order valence-corrected chi connectivity index (χ1v) is 12.2. The van der Waals surface area contributed by atoms with Gasteiger partial charge < -0.3 is 19.5 Å². The zero-order valence-corrected chi connectivity index (χ0v) is 19.5. The van der Waals surface area contributed by atoms with Gasteiger partial charge in [-0.2, -0.15) is 0 Å². The summed E-state index contributed by atoms with van der Waals surface area (Å²) in [7, 11) is -3.47. The third-order valence-electron chi connectivity index (χ3n) is 4.01. The number of alkyl halides is 3. The van der Waals surface area contributed by atoms with E-state index in [-0.39, 0.29) is 23.7 Å². The topological polar surface area (TPSA) is 108 Å². The van der Waals surface area contributed by atoms with Crippen LogP contribution in [0.3, 0.4) is 0 Å². The van der Waals surface area contributed by atoms with Crippen molar-refractivity contribution < 1.29 is 36.6 Å². The highest BCUT2D eigenvalue weighted by Gasteiger charge is 2.31. The van der Waals surface area contributed by atoms with Crippen molar-refractivity contribution in [2.24, 2.45) is 0 Å². The smallest absolute Gasteiger partial charge is 0.432 e. The standard InChI is InChI=1S/C19H26Cl2FNO7S/c1-3-4-9-28-10-11-29-19(25)30-16(15(12-22)23-18(24)17(20)21)13-5-7-14(8-6-13)31(2,26)27/h5-8,15-17H,3-4,9-12H2,1-2H3,(H,23,24)/t15-,16-/m1/s1. The molecule has 0 saturated heterocycles. The zero-order chi connectivity index (χ0) is 23.4. The van der Waals surface area contributed by atoms with E-state index in [1.165, 1.54) is 24.3 Å². The van der Waals surface area contributed by atoms with Gasteiger partial charge in [0, 0.05) is 12.9 Å². The molecule has 1 aromatic carbocycles. The SMILES string of the molecule is CCCCOCCOC(=O)O[C@H](c1ccc(S(C)(=O)=O)cc1)[C@@H](CF)NC(=O)C(Cl)Cl. The number of carbonyl (C=O) groups excluding carboxylic acids is 2. The molecule has 12 heteroatoms. The van der Waals surface area contributed by atoms with Crippen LogP contribution in [0.1, 0.15) is 31.4 Å². The van der Waals surface area contributed by atoms with Gasteiger partial charge in [0.15, 0.2) is 20.8 Å². The Hall–Kier alpha value is -1.62. The molecular formula is C19H26Cl2FNO7S. The van der Waals surface area contributed by atoms with Crippen LogP contribution in [0, 0.1) is 0 Å². The maximum absolute atomic E-state index is 13.7. The van der Waals surface area contributed by atoms with E-state index in [1.807, 2.05) is 6.92 Å². The van der Waals surface area contributed by atoms with Gasteiger partial charge in [0.2, 0.25) is 0 Å². The first kappa shape index (κ1) is 27.4. The summed E-state index contributed by atoms with van der Waals surface area (Å²) < 4.78 is 52.4. The molecule has 8 nitrogen and oxygen atoms in total. The second-order valence-corrected chi connectivity index (χ2v) is 9.63. The summed E-state index contributed by atoms with van der Waals surface area (Å²) in [5, 5.41) is 2.25. The molecule has 0 bridgehead atoms. The Balaban J connectivity index is 2.94. The highest BCUT2D eigenvalue weighted by molar-refractivity contribution is 7.90. The first-order chi connectivity index (χ1) is 14.6. The predicted molar refractivity (Wildman–Crippen MR) is 114 cm³/mol. The number of amides is 1. The van der Waals surface area contributed by atoms with E-state index in [1.54, 1.807) is 0 Å². The lowest BCUT2D eigenvalue weighted by molar-refractivity contribution is -0.121. The molecule has 0 fully saturated rings. The fraction of sp³-hybridized carbons (Fsp3) is 0.579. The van der Waals surface area contributed by atoms with E-state index in [4.69, 9.17) is 37.4 Å². The van der Waals surface area contributed by atoms with Crippen LogP contribution in [0.2, 0.25) is 0 Å². The Morgan fingerprint density at radius 1 is 1.13 bits per heavy atom. The Morgan fingerprint density at radius 3 is 2.29 bits per heavy atom. The molecule has 0 unspecified atom stereocenters. The van der Waals surface area contributed by atoms with Crippen molar-refractivity contribution in [3.05, 3.63) is 29.8 Å². The molecule has 1 aromatic rings. The molecule has 176 valence electrons. The normalized spacial score (nSPS) is 13.5. The van der Waals surface area contributed by atoms with Crippen molar-refractivity contribution in [3.8, 4) is 0 Å². The number of benzene rings is 1. The lowest BCUT2D eigenvalue weighted by Gasteiger charge is -2.26. The highest BCUT2D eigenvalue weighted by atomic mass is 35.5. The fourth-order valence-electron chi connectivity index (χ4n) is 2.40. The molecule has 0 aliphatic rings. The maximum atomic E-state index is 13.7. The van der Waals surface area contributed by atoms with Gasteiger partial charge in [-0.1, -0.05) is 48.7 Å². The Bertz CT molecular complexity index is 806. The van der Waals surface area contributed by atoms with Gasteiger partial charge in [0.1, 0.15) is 13.3 Å². The minimum Gasteiger partial charge on any atom is -0.432 e. The Kier molecular flexibility index (Phi) is 12.1. The fourth-order valence-corrected chi connectivity index (χ4v) is 3.15. The number of hydrogen-bond acceptors (Lipinski definition) is 7. The molecule has 0 aromatic heterocycles. The molecule has 0 saturated carbocycles. The van der Waals surface area contributed by atoms with Crippen molar-refractivity contribution in [1.82, 2.24) is 5.32 Å². The van der Waals surface area contributed by atoms with Crippen molar-refractivity contribution >= 4 is 45.1 Å². The number of carbonyl (C=O) groups is 2. The number of halogens is 3. The molecule has 0 heterocycles. The second kappa shape index (κ2) is 13.7. The summed E-state index contributed by atoms with van der Waals surface area (Å²) in [4.78, 5) is 22.5. The number of ether oxygens (including phenoxy) is 3. The molecule has 2 atom stereocenters. The van der Waals surface area contributed by atoms with E-state index in [0.29, 0.717) is 6.61 Å². The third kappa shape index (κ3) is 10.0. The van der Waals surface area contributed by atoms with E-state index in [2.05, 4.69) is 5.32 Å². The summed E-state index contributed by atoms with van der Waals surface area (Å²) in [5.41, 5.74) is 0.229. The lowest BCUT2D eigenvalue weighted by atomic mass is 10.0. The highest BCUT2D eigenvalue weighted by Crippen LogP contribution is 2.25. The molecular weight excluding hydrogens is 476 g/mol. The van der Waals surface area contributed by atoms with E-state index >= 15 is 0 Å².